The van der Waals surface area contributed by atoms with Crippen LogP contribution in [0.1, 0.15) is 26.2 Å². The van der Waals surface area contributed by atoms with Crippen molar-refractivity contribution in [2.45, 2.75) is 32.2 Å². The highest BCUT2D eigenvalue weighted by Crippen LogP contribution is 2.30. The molecule has 2 aromatic rings. The first kappa shape index (κ1) is 16.8. The number of anilines is 1. The molecule has 0 bridgehead atoms. The van der Waals surface area contributed by atoms with E-state index in [-0.39, 0.29) is 17.9 Å². The molecule has 26 heavy (non-hydrogen) atoms. The van der Waals surface area contributed by atoms with E-state index in [1.807, 2.05) is 30.3 Å². The quantitative estimate of drug-likeness (QED) is 0.896. The summed E-state index contributed by atoms with van der Waals surface area (Å²) in [6.45, 7) is 3.83. The van der Waals surface area contributed by atoms with Crippen LogP contribution in [0.2, 0.25) is 0 Å². The minimum absolute atomic E-state index is 0.227. The number of para-hydroxylation sites is 1. The summed E-state index contributed by atoms with van der Waals surface area (Å²) in [5.41, 5.74) is 0. The van der Waals surface area contributed by atoms with E-state index in [9.17, 15) is 4.79 Å². The van der Waals surface area contributed by atoms with Crippen molar-refractivity contribution in [1.29, 1.82) is 0 Å². The van der Waals surface area contributed by atoms with Crippen molar-refractivity contribution in [3.63, 3.8) is 0 Å². The first-order valence-electron chi connectivity index (χ1n) is 9.30. The maximum Gasteiger partial charge on any atom is 0.228 e. The Hall–Kier alpha value is -2.63. The molecule has 1 aliphatic carbocycles. The van der Waals surface area contributed by atoms with E-state index in [0.29, 0.717) is 17.7 Å². The standard InChI is InChI=1S/C20H24N4O2/c1-14-13-24(12-10-17(14)22-19(25)15-7-8-15)20-21-11-9-18(23-20)26-16-5-3-2-4-6-16/h2-6,9,11,14-15,17H,7-8,10,12-13H2,1H3,(H,22,25). The van der Waals surface area contributed by atoms with Crippen LogP contribution in [-0.2, 0) is 4.79 Å². The average Bonchev–Trinajstić information content (AvgIpc) is 3.50. The number of hydrogen-bond acceptors (Lipinski definition) is 5. The lowest BCUT2D eigenvalue weighted by Gasteiger charge is -2.37. The first-order valence-corrected chi connectivity index (χ1v) is 9.30. The third-order valence-corrected chi connectivity index (χ3v) is 5.05. The smallest absolute Gasteiger partial charge is 0.228 e. The Kier molecular flexibility index (Phi) is 4.73. The van der Waals surface area contributed by atoms with Gasteiger partial charge in [0, 0.05) is 37.3 Å². The van der Waals surface area contributed by atoms with Crippen LogP contribution in [0, 0.1) is 11.8 Å². The summed E-state index contributed by atoms with van der Waals surface area (Å²) >= 11 is 0. The van der Waals surface area contributed by atoms with Crippen molar-refractivity contribution in [3.05, 3.63) is 42.6 Å². The summed E-state index contributed by atoms with van der Waals surface area (Å²) in [6, 6.07) is 11.6. The minimum Gasteiger partial charge on any atom is -0.439 e. The van der Waals surface area contributed by atoms with E-state index in [2.05, 4.69) is 27.1 Å². The van der Waals surface area contributed by atoms with Crippen molar-refractivity contribution in [2.75, 3.05) is 18.0 Å². The number of hydrogen-bond donors (Lipinski definition) is 1. The van der Waals surface area contributed by atoms with Gasteiger partial charge in [-0.3, -0.25) is 4.79 Å². The van der Waals surface area contributed by atoms with Crippen LogP contribution in [0.25, 0.3) is 0 Å². The predicted molar refractivity (Wildman–Crippen MR) is 99.2 cm³/mol. The van der Waals surface area contributed by atoms with Crippen molar-refractivity contribution < 1.29 is 9.53 Å². The van der Waals surface area contributed by atoms with Crippen LogP contribution in [0.15, 0.2) is 42.6 Å². The number of nitrogens with zero attached hydrogens (tertiary/aromatic N) is 3. The maximum atomic E-state index is 12.0. The third kappa shape index (κ3) is 3.95. The third-order valence-electron chi connectivity index (χ3n) is 5.05. The van der Waals surface area contributed by atoms with E-state index in [1.54, 1.807) is 12.3 Å². The number of nitrogens with one attached hydrogen (secondary N) is 1. The Bertz CT molecular complexity index is 763. The van der Waals surface area contributed by atoms with Gasteiger partial charge in [0.05, 0.1) is 0 Å². The molecule has 6 nitrogen and oxygen atoms in total. The van der Waals surface area contributed by atoms with Gasteiger partial charge >= 0.3 is 0 Å². The van der Waals surface area contributed by atoms with E-state index < -0.39 is 0 Å². The van der Waals surface area contributed by atoms with Gasteiger partial charge in [-0.05, 0) is 37.3 Å². The summed E-state index contributed by atoms with van der Waals surface area (Å²) in [7, 11) is 0. The zero-order valence-corrected chi connectivity index (χ0v) is 15.0. The fourth-order valence-electron chi connectivity index (χ4n) is 3.34. The van der Waals surface area contributed by atoms with E-state index in [0.717, 1.165) is 38.1 Å². The average molecular weight is 352 g/mol. The minimum atomic E-state index is 0.227. The lowest BCUT2D eigenvalue weighted by Crippen LogP contribution is -2.50. The number of aromatic nitrogens is 2. The van der Waals surface area contributed by atoms with Gasteiger partial charge < -0.3 is 15.0 Å². The number of carbonyl (C=O) groups is 1. The van der Waals surface area contributed by atoms with Crippen molar-refractivity contribution in [1.82, 2.24) is 15.3 Å². The second kappa shape index (κ2) is 7.32. The molecule has 2 aliphatic rings. The molecule has 1 saturated carbocycles. The molecule has 1 aromatic heterocycles. The first-order chi connectivity index (χ1) is 12.7. The largest absolute Gasteiger partial charge is 0.439 e. The topological polar surface area (TPSA) is 67.3 Å². The van der Waals surface area contributed by atoms with Gasteiger partial charge in [-0.1, -0.05) is 25.1 Å². The number of carbonyl (C=O) groups excluding carboxylic acids is 1. The van der Waals surface area contributed by atoms with Crippen LogP contribution in [0.4, 0.5) is 5.95 Å². The molecule has 2 unspecified atom stereocenters. The van der Waals surface area contributed by atoms with E-state index >= 15 is 0 Å². The molecular formula is C20H24N4O2. The summed E-state index contributed by atoms with van der Waals surface area (Å²) in [5.74, 6) is 2.82. The molecule has 0 spiro atoms. The molecule has 1 amide bonds. The fourth-order valence-corrected chi connectivity index (χ4v) is 3.34. The summed E-state index contributed by atoms with van der Waals surface area (Å²) < 4.78 is 5.81. The molecule has 0 radical (unpaired) electrons. The molecule has 1 aliphatic heterocycles. The highest BCUT2D eigenvalue weighted by molar-refractivity contribution is 5.81. The van der Waals surface area contributed by atoms with Gasteiger partial charge in [0.15, 0.2) is 0 Å². The van der Waals surface area contributed by atoms with Gasteiger partial charge in [0.1, 0.15) is 5.75 Å². The van der Waals surface area contributed by atoms with Crippen LogP contribution in [0.3, 0.4) is 0 Å². The predicted octanol–water partition coefficient (Wildman–Crippen LogP) is 3.01. The van der Waals surface area contributed by atoms with E-state index in [1.165, 1.54) is 0 Å². The van der Waals surface area contributed by atoms with Crippen molar-refractivity contribution >= 4 is 11.9 Å². The normalized spacial score (nSPS) is 22.7. The Morgan fingerprint density at radius 3 is 2.73 bits per heavy atom. The number of benzene rings is 1. The van der Waals surface area contributed by atoms with E-state index in [4.69, 9.17) is 4.74 Å². The van der Waals surface area contributed by atoms with Crippen molar-refractivity contribution in [3.8, 4) is 11.6 Å². The summed E-state index contributed by atoms with van der Waals surface area (Å²) in [5, 5.41) is 3.22. The van der Waals surface area contributed by atoms with Crippen LogP contribution in [-0.4, -0.2) is 35.0 Å². The zero-order chi connectivity index (χ0) is 17.9. The van der Waals surface area contributed by atoms with Gasteiger partial charge in [-0.15, -0.1) is 0 Å². The molecule has 4 rings (SSSR count). The molecule has 1 aromatic carbocycles. The second-order valence-corrected chi connectivity index (χ2v) is 7.21. The zero-order valence-electron chi connectivity index (χ0n) is 15.0. The van der Waals surface area contributed by atoms with Gasteiger partial charge in [-0.25, -0.2) is 4.98 Å². The molecule has 2 atom stereocenters. The second-order valence-electron chi connectivity index (χ2n) is 7.21. The van der Waals surface area contributed by atoms with Gasteiger partial charge in [-0.2, -0.15) is 4.98 Å². The fraction of sp³-hybridized carbons (Fsp3) is 0.450. The molecule has 6 heteroatoms. The van der Waals surface area contributed by atoms with Crippen LogP contribution in [0.5, 0.6) is 11.6 Å². The Labute approximate surface area is 153 Å². The van der Waals surface area contributed by atoms with Crippen LogP contribution >= 0.6 is 0 Å². The Morgan fingerprint density at radius 1 is 1.19 bits per heavy atom. The molecule has 2 heterocycles. The summed E-state index contributed by atoms with van der Waals surface area (Å²) in [4.78, 5) is 23.2. The molecular weight excluding hydrogens is 328 g/mol. The number of ether oxygens (including phenoxy) is 1. The molecule has 2 fully saturated rings. The number of amides is 1. The Balaban J connectivity index is 1.39. The van der Waals surface area contributed by atoms with Crippen LogP contribution < -0.4 is 15.0 Å². The van der Waals surface area contributed by atoms with Gasteiger partial charge in [0.25, 0.3) is 0 Å². The highest BCUT2D eigenvalue weighted by Gasteiger charge is 2.34. The van der Waals surface area contributed by atoms with Crippen molar-refractivity contribution in [2.24, 2.45) is 11.8 Å². The molecule has 1 N–H and O–H groups in total. The maximum absolute atomic E-state index is 12.0. The lowest BCUT2D eigenvalue weighted by atomic mass is 9.94. The summed E-state index contributed by atoms with van der Waals surface area (Å²) in [6.07, 6.45) is 4.72. The number of rotatable bonds is 5. The number of piperidine rings is 1. The molecule has 1 saturated heterocycles. The highest BCUT2D eigenvalue weighted by atomic mass is 16.5. The molecule has 136 valence electrons. The lowest BCUT2D eigenvalue weighted by molar-refractivity contribution is -0.123. The Morgan fingerprint density at radius 2 is 2.00 bits per heavy atom. The van der Waals surface area contributed by atoms with Gasteiger partial charge in [0.2, 0.25) is 17.7 Å². The monoisotopic (exact) mass is 352 g/mol. The SMILES string of the molecule is CC1CN(c2nccc(Oc3ccccc3)n2)CCC1NC(=O)C1CC1.